The summed E-state index contributed by atoms with van der Waals surface area (Å²) >= 11 is 0. The highest BCUT2D eigenvalue weighted by atomic mass is 16.5. The summed E-state index contributed by atoms with van der Waals surface area (Å²) in [4.78, 5) is 88.1. The Kier molecular flexibility index (Phi) is 11.3. The van der Waals surface area contributed by atoms with Crippen LogP contribution >= 0.6 is 0 Å². The summed E-state index contributed by atoms with van der Waals surface area (Å²) in [7, 11) is 6.10. The third-order valence-electron chi connectivity index (χ3n) is 10.0. The number of amides is 6. The summed E-state index contributed by atoms with van der Waals surface area (Å²) in [5.74, 6) is 0.848. The Morgan fingerprint density at radius 2 is 1.65 bits per heavy atom. The average molecular weight is 746 g/mol. The zero-order chi connectivity index (χ0) is 38.7. The number of aryl methyl sites for hydroxylation is 2. The molecule has 0 aliphatic carbocycles. The predicted octanol–water partition coefficient (Wildman–Crippen LogP) is 1.77. The average Bonchev–Trinajstić information content (AvgIpc) is 3.39. The van der Waals surface area contributed by atoms with Crippen LogP contribution in [0.1, 0.15) is 46.8 Å². The molecule has 1 atom stereocenters. The second-order valence-electron chi connectivity index (χ2n) is 13.9. The number of carbonyl (C=O) groups excluding carboxylic acids is 5. The van der Waals surface area contributed by atoms with Crippen LogP contribution in [0.25, 0.3) is 10.9 Å². The molecule has 3 aliphatic rings. The van der Waals surface area contributed by atoms with Gasteiger partial charge in [0.25, 0.3) is 11.8 Å². The number of piperidine rings is 1. The van der Waals surface area contributed by atoms with E-state index in [2.05, 4.69) is 20.2 Å². The number of benzene rings is 1. The van der Waals surface area contributed by atoms with E-state index in [9.17, 15) is 24.0 Å². The maximum absolute atomic E-state index is 14.5. The van der Waals surface area contributed by atoms with Crippen molar-refractivity contribution >= 4 is 46.4 Å². The summed E-state index contributed by atoms with van der Waals surface area (Å²) < 4.78 is 17.2. The Labute approximate surface area is 313 Å². The number of ether oxygens (including phenoxy) is 3. The lowest BCUT2D eigenvalue weighted by molar-refractivity contribution is -0.137. The number of fused-ring (bicyclic) bond motifs is 5. The number of imide groups is 1. The fraction of sp³-hybridized carbons (Fsp3) is 0.514. The Balaban J connectivity index is 1.46. The second kappa shape index (κ2) is 16.1. The molecule has 1 unspecified atom stereocenters. The third kappa shape index (κ3) is 7.94. The molecule has 2 fully saturated rings. The molecule has 6 rings (SSSR count). The molecule has 288 valence electrons. The number of carbonyl (C=O) groups is 5. The zero-order valence-electron chi connectivity index (χ0n) is 31.6. The van der Waals surface area contributed by atoms with Gasteiger partial charge in [0.15, 0.2) is 11.5 Å². The van der Waals surface area contributed by atoms with Crippen LogP contribution in [0.15, 0.2) is 18.2 Å². The minimum Gasteiger partial charge on any atom is -0.493 e. The molecule has 0 saturated carbocycles. The van der Waals surface area contributed by atoms with E-state index in [-0.39, 0.29) is 56.7 Å². The molecule has 5 heterocycles. The Morgan fingerprint density at radius 1 is 0.889 bits per heavy atom. The summed E-state index contributed by atoms with van der Waals surface area (Å²) in [5, 5.41) is 3.69. The van der Waals surface area contributed by atoms with E-state index < -0.39 is 30.3 Å². The first-order valence-electron chi connectivity index (χ1n) is 18.0. The summed E-state index contributed by atoms with van der Waals surface area (Å²) in [6, 6.07) is 4.79. The van der Waals surface area contributed by atoms with Crippen LogP contribution in [-0.4, -0.2) is 145 Å². The second-order valence-corrected chi connectivity index (χ2v) is 13.9. The van der Waals surface area contributed by atoms with Gasteiger partial charge in [0.1, 0.15) is 30.4 Å². The fourth-order valence-corrected chi connectivity index (χ4v) is 7.33. The van der Waals surface area contributed by atoms with Crippen molar-refractivity contribution in [2.45, 2.75) is 39.7 Å². The van der Waals surface area contributed by atoms with Gasteiger partial charge in [0.05, 0.1) is 26.8 Å². The number of urea groups is 1. The van der Waals surface area contributed by atoms with Gasteiger partial charge in [-0.3, -0.25) is 24.1 Å². The van der Waals surface area contributed by atoms with Crippen molar-refractivity contribution in [3.8, 4) is 17.2 Å². The SMILES string of the molecule is COc1cc2nc3c(cc2c(OC)c1OC)CN(C(=O)c1cc(C)nc(C)n1)CCN(C(=O)CN1C(=O)CN(C)C1=O)CCC(=O)NCC1CCCN3C1. The number of nitrogens with one attached hydrogen (secondary N) is 1. The quantitative estimate of drug-likeness (QED) is 0.362. The van der Waals surface area contributed by atoms with Gasteiger partial charge in [-0.2, -0.15) is 0 Å². The fourth-order valence-electron chi connectivity index (χ4n) is 7.33. The Hall–Kier alpha value is -5.74. The van der Waals surface area contributed by atoms with E-state index in [1.54, 1.807) is 38.0 Å². The van der Waals surface area contributed by atoms with Crippen LogP contribution in [-0.2, 0) is 20.9 Å². The van der Waals surface area contributed by atoms with Crippen LogP contribution in [0.3, 0.4) is 0 Å². The smallest absolute Gasteiger partial charge is 0.327 e. The third-order valence-corrected chi connectivity index (χ3v) is 10.0. The van der Waals surface area contributed by atoms with Gasteiger partial charge in [0, 0.05) is 82.0 Å². The molecular formula is C37H47N9O8. The number of likely N-dealkylation sites (N-methyl/N-ethyl adjacent to an activating group) is 1. The molecule has 1 aromatic carbocycles. The highest BCUT2D eigenvalue weighted by Gasteiger charge is 2.36. The van der Waals surface area contributed by atoms with Crippen LogP contribution in [0.4, 0.5) is 10.6 Å². The maximum Gasteiger partial charge on any atom is 0.327 e. The highest BCUT2D eigenvalue weighted by Crippen LogP contribution is 2.44. The van der Waals surface area contributed by atoms with E-state index in [4.69, 9.17) is 19.2 Å². The minimum atomic E-state index is -0.571. The summed E-state index contributed by atoms with van der Waals surface area (Å²) in [6.45, 7) is 4.78. The van der Waals surface area contributed by atoms with Gasteiger partial charge in [-0.25, -0.2) is 19.7 Å². The first kappa shape index (κ1) is 38.0. The van der Waals surface area contributed by atoms with Crippen molar-refractivity contribution in [2.75, 3.05) is 85.6 Å². The lowest BCUT2D eigenvalue weighted by Gasteiger charge is -2.35. The molecule has 54 heavy (non-hydrogen) atoms. The number of nitrogens with zero attached hydrogens (tertiary/aromatic N) is 8. The first-order chi connectivity index (χ1) is 25.9. The number of pyridine rings is 1. The summed E-state index contributed by atoms with van der Waals surface area (Å²) in [5.41, 5.74) is 2.13. The summed E-state index contributed by atoms with van der Waals surface area (Å²) in [6.07, 6.45) is 1.76. The maximum atomic E-state index is 14.5. The highest BCUT2D eigenvalue weighted by molar-refractivity contribution is 6.04. The van der Waals surface area contributed by atoms with Crippen LogP contribution in [0, 0.1) is 19.8 Å². The molecule has 2 bridgehead atoms. The molecule has 0 radical (unpaired) electrons. The molecule has 1 N–H and O–H groups in total. The van der Waals surface area contributed by atoms with E-state index in [0.29, 0.717) is 65.1 Å². The predicted molar refractivity (Wildman–Crippen MR) is 197 cm³/mol. The number of anilines is 1. The van der Waals surface area contributed by atoms with E-state index >= 15 is 0 Å². The standard InChI is InChI=1S/C37H47N9O8/c1-22-14-28(40-23(2)39-22)36(50)45-13-12-43(31(48)21-46-32(49)20-42(3)37(46)51)11-9-30(47)38-17-24-8-7-10-44(18-24)35-25(19-45)15-26-27(41-35)16-29(52-4)34(54-6)33(26)53-5/h14-16,24H,7-13,17-21H2,1-6H3,(H,38,47). The van der Waals surface area contributed by atoms with E-state index in [1.165, 1.54) is 31.1 Å². The number of methoxy groups -OCH3 is 3. The van der Waals surface area contributed by atoms with Crippen LogP contribution in [0.2, 0.25) is 0 Å². The molecular weight excluding hydrogens is 698 g/mol. The number of hydrogen-bond acceptors (Lipinski definition) is 12. The first-order valence-corrected chi connectivity index (χ1v) is 18.0. The lowest BCUT2D eigenvalue weighted by Crippen LogP contribution is -2.47. The lowest BCUT2D eigenvalue weighted by atomic mass is 9.97. The van der Waals surface area contributed by atoms with Gasteiger partial charge >= 0.3 is 6.03 Å². The molecule has 0 spiro atoms. The van der Waals surface area contributed by atoms with Crippen molar-refractivity contribution in [3.63, 3.8) is 0 Å². The molecule has 2 aromatic heterocycles. The van der Waals surface area contributed by atoms with Crippen molar-refractivity contribution in [1.82, 2.24) is 39.9 Å². The molecule has 3 aliphatic heterocycles. The zero-order valence-corrected chi connectivity index (χ0v) is 31.6. The van der Waals surface area contributed by atoms with Crippen LogP contribution in [0.5, 0.6) is 17.2 Å². The van der Waals surface area contributed by atoms with Gasteiger partial charge in [-0.1, -0.05) is 0 Å². The number of rotatable bonds is 6. The van der Waals surface area contributed by atoms with Gasteiger partial charge in [-0.05, 0) is 44.7 Å². The molecule has 17 heteroatoms. The van der Waals surface area contributed by atoms with Crippen LogP contribution < -0.4 is 24.4 Å². The number of hydrogen-bond donors (Lipinski definition) is 1. The number of aromatic nitrogens is 3. The Morgan fingerprint density at radius 3 is 2.33 bits per heavy atom. The van der Waals surface area contributed by atoms with Gasteiger partial charge in [-0.15, -0.1) is 0 Å². The van der Waals surface area contributed by atoms with E-state index in [0.717, 1.165) is 23.3 Å². The topological polar surface area (TPSA) is 180 Å². The normalized spacial score (nSPS) is 18.6. The van der Waals surface area contributed by atoms with Gasteiger partial charge in [0.2, 0.25) is 17.6 Å². The van der Waals surface area contributed by atoms with E-state index in [1.807, 2.05) is 6.07 Å². The molecule has 17 nitrogen and oxygen atoms in total. The van der Waals surface area contributed by atoms with Crippen molar-refractivity contribution in [2.24, 2.45) is 5.92 Å². The Bertz CT molecular complexity index is 1950. The minimum absolute atomic E-state index is 0.00114. The molecule has 2 saturated heterocycles. The van der Waals surface area contributed by atoms with Crippen molar-refractivity contribution in [3.05, 3.63) is 41.0 Å². The van der Waals surface area contributed by atoms with Crippen molar-refractivity contribution in [1.29, 1.82) is 0 Å². The molecule has 3 aromatic rings. The van der Waals surface area contributed by atoms with Crippen molar-refractivity contribution < 1.29 is 38.2 Å². The van der Waals surface area contributed by atoms with Gasteiger partial charge < -0.3 is 39.1 Å². The largest absolute Gasteiger partial charge is 0.493 e. The molecule has 6 amide bonds. The monoisotopic (exact) mass is 745 g/mol.